The molecule has 0 spiro atoms. The molecular weight excluding hydrogens is 458 g/mol. The summed E-state index contributed by atoms with van der Waals surface area (Å²) in [6.07, 6.45) is 3.46. The minimum atomic E-state index is -0.932. The fourth-order valence-electron chi connectivity index (χ4n) is 3.27. The van der Waals surface area contributed by atoms with E-state index in [0.29, 0.717) is 24.7 Å². The maximum absolute atomic E-state index is 13.0. The Bertz CT molecular complexity index is 939. The number of esters is 1. The van der Waals surface area contributed by atoms with Gasteiger partial charge in [0.2, 0.25) is 0 Å². The predicted octanol–water partition coefficient (Wildman–Crippen LogP) is 6.22. The van der Waals surface area contributed by atoms with Crippen molar-refractivity contribution in [3.63, 3.8) is 0 Å². The lowest BCUT2D eigenvalue weighted by atomic mass is 10.1. The predicted molar refractivity (Wildman–Crippen MR) is 140 cm³/mol. The minimum absolute atomic E-state index is 0.113. The minimum Gasteiger partial charge on any atom is -0.490 e. The summed E-state index contributed by atoms with van der Waals surface area (Å²) < 4.78 is 22.8. The molecule has 0 unspecified atom stereocenters. The first-order chi connectivity index (χ1) is 17.2. The molecule has 0 heterocycles. The zero-order valence-corrected chi connectivity index (χ0v) is 22.3. The van der Waals surface area contributed by atoms with Gasteiger partial charge >= 0.3 is 12.1 Å². The topological polar surface area (TPSA) is 83.1 Å². The lowest BCUT2D eigenvalue weighted by Gasteiger charge is -2.23. The van der Waals surface area contributed by atoms with Gasteiger partial charge in [-0.15, -0.1) is 0 Å². The summed E-state index contributed by atoms with van der Waals surface area (Å²) in [5.74, 6) is 0.763. The zero-order valence-electron chi connectivity index (χ0n) is 22.3. The molecule has 1 amide bonds. The molecule has 0 aliphatic heterocycles. The average molecular weight is 500 g/mol. The lowest BCUT2D eigenvalue weighted by molar-refractivity contribution is -0.147. The van der Waals surface area contributed by atoms with E-state index in [1.54, 1.807) is 20.8 Å². The van der Waals surface area contributed by atoms with Crippen LogP contribution in [0.4, 0.5) is 4.79 Å². The first-order valence-corrected chi connectivity index (χ1v) is 12.8. The molecule has 2 aromatic rings. The molecule has 0 saturated carbocycles. The number of alkyl carbamates (subject to hydrolysis) is 1. The third-order valence-corrected chi connectivity index (χ3v) is 5.16. The molecule has 1 atom stereocenters. The summed E-state index contributed by atoms with van der Waals surface area (Å²) in [5.41, 5.74) is 0.976. The van der Waals surface area contributed by atoms with E-state index in [2.05, 4.69) is 19.2 Å². The van der Waals surface area contributed by atoms with Gasteiger partial charge in [-0.1, -0.05) is 63.1 Å². The van der Waals surface area contributed by atoms with Crippen molar-refractivity contribution >= 4 is 12.1 Å². The van der Waals surface area contributed by atoms with Crippen LogP contribution in [0.5, 0.6) is 11.5 Å². The third kappa shape index (κ3) is 11.0. The fourth-order valence-corrected chi connectivity index (χ4v) is 3.27. The van der Waals surface area contributed by atoms with Gasteiger partial charge in [0.15, 0.2) is 11.5 Å². The largest absolute Gasteiger partial charge is 0.490 e. The quantitative estimate of drug-likeness (QED) is 0.245. The van der Waals surface area contributed by atoms with E-state index in [1.807, 2.05) is 48.5 Å². The maximum Gasteiger partial charge on any atom is 0.408 e. The first kappa shape index (κ1) is 29.0. The van der Waals surface area contributed by atoms with Crippen LogP contribution in [0, 0.1) is 0 Å². The standard InChI is InChI=1S/C29H41NO6/c1-6-8-17-33-25-16-15-23(20-26(25)34-18-9-7-2)19-24(30-28(32)36-29(3,4)5)27(31)35-21-22-13-11-10-12-14-22/h10-16,20,24H,6-9,17-19,21H2,1-5H3,(H,30,32)/t24-/m0/s1. The molecule has 2 aromatic carbocycles. The van der Waals surface area contributed by atoms with Gasteiger partial charge in [0, 0.05) is 6.42 Å². The Balaban J connectivity index is 2.19. The number of nitrogens with one attached hydrogen (secondary N) is 1. The van der Waals surface area contributed by atoms with Crippen LogP contribution in [0.2, 0.25) is 0 Å². The Morgan fingerprint density at radius 3 is 2.11 bits per heavy atom. The molecule has 0 fully saturated rings. The first-order valence-electron chi connectivity index (χ1n) is 12.8. The van der Waals surface area contributed by atoms with Gasteiger partial charge in [-0.3, -0.25) is 0 Å². The number of carbonyl (C=O) groups is 2. The second-order valence-electron chi connectivity index (χ2n) is 9.68. The van der Waals surface area contributed by atoms with Crippen molar-refractivity contribution in [1.82, 2.24) is 5.32 Å². The summed E-state index contributed by atoms with van der Waals surface area (Å²) in [6, 6.07) is 14.1. The van der Waals surface area contributed by atoms with E-state index in [0.717, 1.165) is 36.8 Å². The van der Waals surface area contributed by atoms with Gasteiger partial charge in [-0.25, -0.2) is 9.59 Å². The van der Waals surface area contributed by atoms with Crippen molar-refractivity contribution in [2.24, 2.45) is 0 Å². The maximum atomic E-state index is 13.0. The molecule has 0 aliphatic carbocycles. The molecule has 0 aliphatic rings. The Morgan fingerprint density at radius 2 is 1.50 bits per heavy atom. The molecule has 0 saturated heterocycles. The lowest BCUT2D eigenvalue weighted by Crippen LogP contribution is -2.45. The zero-order chi connectivity index (χ0) is 26.4. The Labute approximate surface area is 215 Å². The summed E-state index contributed by atoms with van der Waals surface area (Å²) in [6.45, 7) is 10.8. The summed E-state index contributed by atoms with van der Waals surface area (Å²) >= 11 is 0. The molecule has 198 valence electrons. The highest BCUT2D eigenvalue weighted by Crippen LogP contribution is 2.29. The van der Waals surface area contributed by atoms with Crippen molar-refractivity contribution in [2.75, 3.05) is 13.2 Å². The van der Waals surface area contributed by atoms with E-state index in [-0.39, 0.29) is 13.0 Å². The molecule has 0 bridgehead atoms. The van der Waals surface area contributed by atoms with E-state index in [4.69, 9.17) is 18.9 Å². The monoisotopic (exact) mass is 499 g/mol. The molecule has 0 aromatic heterocycles. The second-order valence-corrected chi connectivity index (χ2v) is 9.68. The number of carbonyl (C=O) groups excluding carboxylic acids is 2. The van der Waals surface area contributed by atoms with Crippen LogP contribution in [0.15, 0.2) is 48.5 Å². The van der Waals surface area contributed by atoms with Crippen molar-refractivity contribution in [2.45, 2.75) is 85.0 Å². The molecule has 36 heavy (non-hydrogen) atoms. The average Bonchev–Trinajstić information content (AvgIpc) is 2.83. The number of ether oxygens (including phenoxy) is 4. The van der Waals surface area contributed by atoms with E-state index in [9.17, 15) is 9.59 Å². The van der Waals surface area contributed by atoms with Crippen molar-refractivity contribution in [3.8, 4) is 11.5 Å². The van der Waals surface area contributed by atoms with Crippen LogP contribution in [0.25, 0.3) is 0 Å². The van der Waals surface area contributed by atoms with Crippen LogP contribution in [-0.2, 0) is 27.3 Å². The van der Waals surface area contributed by atoms with E-state index in [1.165, 1.54) is 0 Å². The SMILES string of the molecule is CCCCOc1ccc(C[C@H](NC(=O)OC(C)(C)C)C(=O)OCc2ccccc2)cc1OCCCC. The van der Waals surface area contributed by atoms with Gasteiger partial charge in [0.1, 0.15) is 18.2 Å². The number of hydrogen-bond acceptors (Lipinski definition) is 6. The normalized spacial score (nSPS) is 11.9. The van der Waals surface area contributed by atoms with Gasteiger partial charge < -0.3 is 24.3 Å². The number of benzene rings is 2. The van der Waals surface area contributed by atoms with Crippen LogP contribution >= 0.6 is 0 Å². The van der Waals surface area contributed by atoms with Crippen molar-refractivity contribution < 1.29 is 28.5 Å². The highest BCUT2D eigenvalue weighted by Gasteiger charge is 2.26. The number of unbranched alkanes of at least 4 members (excludes halogenated alkanes) is 2. The fraction of sp³-hybridized carbons (Fsp3) is 0.517. The Hall–Kier alpha value is -3.22. The molecule has 7 nitrogen and oxygen atoms in total. The number of hydrogen-bond donors (Lipinski definition) is 1. The van der Waals surface area contributed by atoms with Gasteiger partial charge in [-0.2, -0.15) is 0 Å². The highest BCUT2D eigenvalue weighted by molar-refractivity contribution is 5.81. The molecule has 0 radical (unpaired) electrons. The van der Waals surface area contributed by atoms with Gasteiger partial charge in [0.05, 0.1) is 13.2 Å². The Kier molecular flexibility index (Phi) is 12.1. The molecule has 2 rings (SSSR count). The van der Waals surface area contributed by atoms with Crippen LogP contribution in [-0.4, -0.2) is 36.9 Å². The smallest absolute Gasteiger partial charge is 0.408 e. The Morgan fingerprint density at radius 1 is 0.861 bits per heavy atom. The number of rotatable bonds is 14. The van der Waals surface area contributed by atoms with Crippen LogP contribution in [0.3, 0.4) is 0 Å². The van der Waals surface area contributed by atoms with Crippen molar-refractivity contribution in [1.29, 1.82) is 0 Å². The summed E-state index contributed by atoms with van der Waals surface area (Å²) in [7, 11) is 0. The molecule has 7 heteroatoms. The molecular formula is C29H41NO6. The second kappa shape index (κ2) is 15.0. The van der Waals surface area contributed by atoms with E-state index < -0.39 is 23.7 Å². The van der Waals surface area contributed by atoms with Crippen LogP contribution < -0.4 is 14.8 Å². The third-order valence-electron chi connectivity index (χ3n) is 5.16. The number of amides is 1. The van der Waals surface area contributed by atoms with Gasteiger partial charge in [0.25, 0.3) is 0 Å². The van der Waals surface area contributed by atoms with Gasteiger partial charge in [-0.05, 0) is 56.9 Å². The highest BCUT2D eigenvalue weighted by atomic mass is 16.6. The summed E-state index contributed by atoms with van der Waals surface area (Å²) in [4.78, 5) is 25.5. The summed E-state index contributed by atoms with van der Waals surface area (Å²) in [5, 5.41) is 2.68. The van der Waals surface area contributed by atoms with Crippen LogP contribution in [0.1, 0.15) is 71.4 Å². The van der Waals surface area contributed by atoms with E-state index >= 15 is 0 Å². The van der Waals surface area contributed by atoms with Crippen molar-refractivity contribution in [3.05, 3.63) is 59.7 Å². The molecule has 1 N–H and O–H groups in total.